The minimum atomic E-state index is -0.388. The molecule has 0 radical (unpaired) electrons. The Kier molecular flexibility index (Phi) is 8.55. The van der Waals surface area contributed by atoms with Gasteiger partial charge in [0.2, 0.25) is 5.88 Å². The average molecular weight is 593 g/mol. The first kappa shape index (κ1) is 28.4. The summed E-state index contributed by atoms with van der Waals surface area (Å²) in [6.07, 6.45) is 3.18. The molecule has 11 heteroatoms. The van der Waals surface area contributed by atoms with E-state index in [1.807, 2.05) is 30.3 Å². The van der Waals surface area contributed by atoms with Gasteiger partial charge in [-0.25, -0.2) is 19.2 Å². The number of carbonyl (C=O) groups is 1. The quantitative estimate of drug-likeness (QED) is 0.258. The van der Waals surface area contributed by atoms with Gasteiger partial charge in [-0.05, 0) is 68.8 Å². The third kappa shape index (κ3) is 6.51. The number of fused-ring (bicyclic) bond motifs is 1. The molecule has 2 aromatic heterocycles. The Morgan fingerprint density at radius 3 is 2.69 bits per heavy atom. The van der Waals surface area contributed by atoms with E-state index >= 15 is 0 Å². The lowest BCUT2D eigenvalue weighted by atomic mass is 9.93. The monoisotopic (exact) mass is 592 g/mol. The third-order valence-corrected chi connectivity index (χ3v) is 8.23. The van der Waals surface area contributed by atoms with Crippen LogP contribution in [0.1, 0.15) is 42.3 Å². The number of urea groups is 1. The number of anilines is 1. The number of hydrogen-bond donors (Lipinski definition) is 2. The van der Waals surface area contributed by atoms with E-state index in [4.69, 9.17) is 31.0 Å². The van der Waals surface area contributed by atoms with E-state index in [2.05, 4.69) is 20.1 Å². The van der Waals surface area contributed by atoms with Crippen molar-refractivity contribution in [2.45, 2.75) is 51.0 Å². The van der Waals surface area contributed by atoms with Crippen LogP contribution in [0.25, 0.3) is 11.0 Å². The fraction of sp³-hybridized carbons (Fsp3) is 0.387. The van der Waals surface area contributed by atoms with Crippen LogP contribution in [0.3, 0.4) is 0 Å². The van der Waals surface area contributed by atoms with Crippen LogP contribution in [0.2, 0.25) is 5.02 Å². The molecule has 4 aromatic rings. The molecule has 2 saturated heterocycles. The zero-order chi connectivity index (χ0) is 29.1. The Morgan fingerprint density at radius 1 is 1.12 bits per heavy atom. The van der Waals surface area contributed by atoms with Crippen molar-refractivity contribution in [1.82, 2.24) is 24.8 Å². The van der Waals surface area contributed by atoms with Crippen LogP contribution >= 0.6 is 11.6 Å². The van der Waals surface area contributed by atoms with Crippen molar-refractivity contribution < 1.29 is 18.7 Å². The summed E-state index contributed by atoms with van der Waals surface area (Å²) in [5.41, 5.74) is 4.03. The van der Waals surface area contributed by atoms with Gasteiger partial charge in [0.05, 0.1) is 30.2 Å². The van der Waals surface area contributed by atoms with Gasteiger partial charge in [-0.2, -0.15) is 0 Å². The normalized spacial score (nSPS) is 17.6. The molecule has 0 saturated carbocycles. The number of aromatic nitrogens is 3. The summed E-state index contributed by atoms with van der Waals surface area (Å²) >= 11 is 5.86. The van der Waals surface area contributed by atoms with Crippen LogP contribution in [0, 0.1) is 5.82 Å². The molecule has 1 atom stereocenters. The number of benzene rings is 2. The molecule has 0 aliphatic carbocycles. The van der Waals surface area contributed by atoms with Crippen LogP contribution in [0.15, 0.2) is 54.6 Å². The summed E-state index contributed by atoms with van der Waals surface area (Å²) in [4.78, 5) is 24.0. The zero-order valence-electron chi connectivity index (χ0n) is 23.5. The molecule has 0 bridgehead atoms. The van der Waals surface area contributed by atoms with Crippen molar-refractivity contribution in [3.8, 4) is 5.88 Å². The maximum atomic E-state index is 14.1. The number of hydrogen-bond acceptors (Lipinski definition) is 6. The molecule has 2 fully saturated rings. The average Bonchev–Trinajstić information content (AvgIpc) is 3.30. The third-order valence-electron chi connectivity index (χ3n) is 8.00. The number of rotatable bonds is 9. The Labute approximate surface area is 249 Å². The predicted octanol–water partition coefficient (Wildman–Crippen LogP) is 5.72. The Bertz CT molecular complexity index is 1570. The minimum Gasteiger partial charge on any atom is -0.473 e. The van der Waals surface area contributed by atoms with Gasteiger partial charge >= 0.3 is 6.03 Å². The lowest BCUT2D eigenvalue weighted by Crippen LogP contribution is -2.35. The second kappa shape index (κ2) is 12.6. The molecule has 0 spiro atoms. The second-order valence-electron chi connectivity index (χ2n) is 10.8. The number of amides is 2. The molecule has 42 heavy (non-hydrogen) atoms. The summed E-state index contributed by atoms with van der Waals surface area (Å²) < 4.78 is 28.0. The number of nitrogens with one attached hydrogen (secondary N) is 2. The largest absolute Gasteiger partial charge is 0.473 e. The van der Waals surface area contributed by atoms with Gasteiger partial charge in [0.25, 0.3) is 0 Å². The van der Waals surface area contributed by atoms with E-state index in [1.165, 1.54) is 6.07 Å². The Hall–Kier alpha value is -3.73. The van der Waals surface area contributed by atoms with Gasteiger partial charge in [0, 0.05) is 47.6 Å². The number of nitrogens with zero attached hydrogens (tertiary/aromatic N) is 4. The van der Waals surface area contributed by atoms with Crippen LogP contribution in [0.4, 0.5) is 14.9 Å². The van der Waals surface area contributed by atoms with Crippen molar-refractivity contribution in [2.75, 3.05) is 32.1 Å². The highest BCUT2D eigenvalue weighted by Gasteiger charge is 2.26. The fourth-order valence-electron chi connectivity index (χ4n) is 5.52. The van der Waals surface area contributed by atoms with Gasteiger partial charge in [-0.15, -0.1) is 0 Å². The maximum absolute atomic E-state index is 14.1. The number of ether oxygens (including phenoxy) is 2. The molecular formula is C31H34ClFN6O3. The fourth-order valence-corrected chi connectivity index (χ4v) is 5.68. The zero-order valence-corrected chi connectivity index (χ0v) is 24.2. The summed E-state index contributed by atoms with van der Waals surface area (Å²) in [6.45, 7) is 4.23. The molecule has 9 nitrogen and oxygen atoms in total. The molecule has 1 unspecified atom stereocenters. The highest BCUT2D eigenvalue weighted by Crippen LogP contribution is 2.30. The van der Waals surface area contributed by atoms with E-state index in [-0.39, 0.29) is 24.6 Å². The molecule has 2 N–H and O–H groups in total. The molecule has 2 amide bonds. The Balaban J connectivity index is 1.10. The van der Waals surface area contributed by atoms with E-state index < -0.39 is 0 Å². The summed E-state index contributed by atoms with van der Waals surface area (Å²) in [7, 11) is 1.59. The van der Waals surface area contributed by atoms with Gasteiger partial charge in [0.15, 0.2) is 0 Å². The van der Waals surface area contributed by atoms with Crippen LogP contribution in [0.5, 0.6) is 5.88 Å². The molecular weight excluding hydrogens is 559 g/mol. The lowest BCUT2D eigenvalue weighted by Gasteiger charge is -2.32. The van der Waals surface area contributed by atoms with E-state index in [9.17, 15) is 9.18 Å². The first-order valence-corrected chi connectivity index (χ1v) is 14.7. The number of halogens is 2. The first-order valence-electron chi connectivity index (χ1n) is 14.3. The topological polar surface area (TPSA) is 93.5 Å². The Morgan fingerprint density at radius 2 is 1.95 bits per heavy atom. The lowest BCUT2D eigenvalue weighted by molar-refractivity contribution is -0.0592. The number of imidazole rings is 1. The van der Waals surface area contributed by atoms with Crippen LogP contribution < -0.4 is 15.4 Å². The number of piperidine rings is 1. The predicted molar refractivity (Wildman–Crippen MR) is 159 cm³/mol. The SMILES string of the molecule is CNC(=O)Nc1ccc2c(c1)nc(CN1CCC(c3cccc(OCc4ccc(Cl)cc4F)n3)CC1)n2CC1CCO1. The number of likely N-dealkylation sites (tertiary alicyclic amines) is 1. The minimum absolute atomic E-state index is 0.0914. The van der Waals surface area contributed by atoms with Crippen molar-refractivity contribution in [3.05, 3.63) is 82.5 Å². The molecule has 2 aliphatic rings. The van der Waals surface area contributed by atoms with Gasteiger partial charge in [-0.1, -0.05) is 23.7 Å². The van der Waals surface area contributed by atoms with E-state index in [0.29, 0.717) is 28.1 Å². The van der Waals surface area contributed by atoms with Gasteiger partial charge in [0.1, 0.15) is 18.2 Å². The van der Waals surface area contributed by atoms with E-state index in [0.717, 1.165) is 74.6 Å². The molecule has 4 heterocycles. The van der Waals surface area contributed by atoms with Gasteiger partial charge in [-0.3, -0.25) is 4.90 Å². The summed E-state index contributed by atoms with van der Waals surface area (Å²) in [5.74, 6) is 1.42. The van der Waals surface area contributed by atoms with Crippen LogP contribution in [-0.2, 0) is 24.4 Å². The molecule has 220 valence electrons. The summed E-state index contributed by atoms with van der Waals surface area (Å²) in [6, 6.07) is 15.9. The summed E-state index contributed by atoms with van der Waals surface area (Å²) in [5, 5.41) is 5.77. The molecule has 2 aromatic carbocycles. The highest BCUT2D eigenvalue weighted by molar-refractivity contribution is 6.30. The number of pyridine rings is 1. The highest BCUT2D eigenvalue weighted by atomic mass is 35.5. The van der Waals surface area contributed by atoms with Crippen molar-refractivity contribution in [3.63, 3.8) is 0 Å². The molecule has 2 aliphatic heterocycles. The van der Waals surface area contributed by atoms with Crippen molar-refractivity contribution >= 4 is 34.4 Å². The van der Waals surface area contributed by atoms with Crippen molar-refractivity contribution in [2.24, 2.45) is 0 Å². The number of carbonyl (C=O) groups excluding carboxylic acids is 1. The molecule has 6 rings (SSSR count). The first-order chi connectivity index (χ1) is 20.4. The maximum Gasteiger partial charge on any atom is 0.318 e. The second-order valence-corrected chi connectivity index (χ2v) is 11.2. The van der Waals surface area contributed by atoms with Crippen molar-refractivity contribution in [1.29, 1.82) is 0 Å². The van der Waals surface area contributed by atoms with E-state index in [1.54, 1.807) is 25.2 Å². The smallest absolute Gasteiger partial charge is 0.318 e. The standard InChI is InChI=1S/C31H34ClFN6O3/c1-34-31(40)35-23-7-8-28-27(16-23)36-29(39(28)17-24-11-14-41-24)18-38-12-9-20(10-13-38)26-3-2-4-30(37-26)42-19-21-5-6-22(32)15-25(21)33/h2-8,15-16,20,24H,9-14,17-19H2,1H3,(H2,34,35,40). The van der Waals surface area contributed by atoms with Crippen LogP contribution in [-0.4, -0.2) is 58.3 Å². The van der Waals surface area contributed by atoms with Gasteiger partial charge < -0.3 is 24.7 Å².